The fraction of sp³-hybridized carbons (Fsp3) is 0.500. The summed E-state index contributed by atoms with van der Waals surface area (Å²) < 4.78 is 7.84. The van der Waals surface area contributed by atoms with Crippen molar-refractivity contribution in [3.63, 3.8) is 0 Å². The van der Waals surface area contributed by atoms with Crippen LogP contribution in [-0.4, -0.2) is 40.7 Å². The Morgan fingerprint density at radius 2 is 2.04 bits per heavy atom. The van der Waals surface area contributed by atoms with Gasteiger partial charge >= 0.3 is 0 Å². The van der Waals surface area contributed by atoms with Crippen molar-refractivity contribution in [1.29, 1.82) is 0 Å². The quantitative estimate of drug-likeness (QED) is 0.844. The molecule has 5 heteroatoms. The van der Waals surface area contributed by atoms with Crippen molar-refractivity contribution in [3.8, 4) is 0 Å². The van der Waals surface area contributed by atoms with Crippen LogP contribution in [-0.2, 0) is 16.1 Å². The van der Waals surface area contributed by atoms with E-state index in [1.807, 2.05) is 40.7 Å². The average molecular weight is 340 g/mol. The molecule has 1 aromatic carbocycles. The van der Waals surface area contributed by atoms with E-state index >= 15 is 0 Å². The molecule has 1 amide bonds. The van der Waals surface area contributed by atoms with Crippen LogP contribution in [0.5, 0.6) is 0 Å². The lowest BCUT2D eigenvalue weighted by Crippen LogP contribution is -2.55. The van der Waals surface area contributed by atoms with Gasteiger partial charge in [0.2, 0.25) is 5.91 Å². The number of ether oxygens (including phenoxy) is 1. The number of morpholine rings is 1. The van der Waals surface area contributed by atoms with Crippen LogP contribution in [0.25, 0.3) is 10.9 Å². The largest absolute Gasteiger partial charge is 0.374 e. The third-order valence-electron chi connectivity index (χ3n) is 5.57. The van der Waals surface area contributed by atoms with Crippen molar-refractivity contribution in [2.75, 3.05) is 13.2 Å². The second-order valence-electron chi connectivity index (χ2n) is 7.10. The van der Waals surface area contributed by atoms with E-state index in [1.165, 1.54) is 6.42 Å². The predicted molar refractivity (Wildman–Crippen MR) is 96.7 cm³/mol. The van der Waals surface area contributed by atoms with Crippen LogP contribution < -0.4 is 5.43 Å². The number of hydrogen-bond acceptors (Lipinski definition) is 3. The molecule has 2 aliphatic rings. The molecule has 2 fully saturated rings. The molecule has 4 rings (SSSR count). The highest BCUT2D eigenvalue weighted by molar-refractivity contribution is 5.83. The minimum atomic E-state index is 0.00974. The Balaban J connectivity index is 1.65. The van der Waals surface area contributed by atoms with Crippen LogP contribution in [0.2, 0.25) is 0 Å². The van der Waals surface area contributed by atoms with E-state index in [0.717, 1.165) is 30.5 Å². The first-order valence-corrected chi connectivity index (χ1v) is 9.15. The number of aromatic nitrogens is 1. The standard InChI is InChI=1S/C20H24N2O3/c1-14-12-18(23)15-6-2-3-7-16(15)22(14)13-20(24)21-10-11-25-19-9-5-4-8-17(19)21/h2-3,6-7,12,17,19H,4-5,8-11,13H2,1H3/t17-,19-/m1/s1. The summed E-state index contributed by atoms with van der Waals surface area (Å²) in [7, 11) is 0. The molecule has 1 saturated carbocycles. The maximum atomic E-state index is 13.1. The lowest BCUT2D eigenvalue weighted by Gasteiger charge is -2.44. The molecule has 132 valence electrons. The summed E-state index contributed by atoms with van der Waals surface area (Å²) in [4.78, 5) is 27.3. The van der Waals surface area contributed by atoms with Gasteiger partial charge in [-0.2, -0.15) is 0 Å². The molecule has 25 heavy (non-hydrogen) atoms. The molecular weight excluding hydrogens is 316 g/mol. The zero-order valence-electron chi connectivity index (χ0n) is 14.6. The first-order chi connectivity index (χ1) is 12.1. The minimum Gasteiger partial charge on any atom is -0.374 e. The Bertz CT molecular complexity index is 856. The molecule has 2 atom stereocenters. The minimum absolute atomic E-state index is 0.00974. The third kappa shape index (κ3) is 2.97. The summed E-state index contributed by atoms with van der Waals surface area (Å²) in [6.07, 6.45) is 4.62. The van der Waals surface area contributed by atoms with Gasteiger partial charge in [0, 0.05) is 23.7 Å². The third-order valence-corrected chi connectivity index (χ3v) is 5.57. The molecule has 0 N–H and O–H groups in total. The number of pyridine rings is 1. The molecule has 0 unspecified atom stereocenters. The number of fused-ring (bicyclic) bond motifs is 2. The molecule has 2 aromatic rings. The highest BCUT2D eigenvalue weighted by Gasteiger charge is 2.36. The van der Waals surface area contributed by atoms with Crippen LogP contribution in [0.1, 0.15) is 31.4 Å². The second-order valence-corrected chi connectivity index (χ2v) is 7.10. The normalized spacial score (nSPS) is 23.5. The van der Waals surface area contributed by atoms with Crippen molar-refractivity contribution in [1.82, 2.24) is 9.47 Å². The van der Waals surface area contributed by atoms with Gasteiger partial charge in [0.05, 0.1) is 24.3 Å². The summed E-state index contributed by atoms with van der Waals surface area (Å²) in [6, 6.07) is 9.34. The van der Waals surface area contributed by atoms with Gasteiger partial charge in [-0.25, -0.2) is 0 Å². The molecular formula is C20H24N2O3. The van der Waals surface area contributed by atoms with E-state index < -0.39 is 0 Å². The van der Waals surface area contributed by atoms with Crippen LogP contribution in [0, 0.1) is 6.92 Å². The van der Waals surface area contributed by atoms with E-state index in [1.54, 1.807) is 6.07 Å². The number of para-hydroxylation sites is 1. The molecule has 5 nitrogen and oxygen atoms in total. The Morgan fingerprint density at radius 3 is 2.92 bits per heavy atom. The number of amides is 1. The zero-order valence-corrected chi connectivity index (χ0v) is 14.6. The molecule has 1 saturated heterocycles. The number of hydrogen-bond donors (Lipinski definition) is 0. The van der Waals surface area contributed by atoms with Crippen LogP contribution in [0.3, 0.4) is 0 Å². The Hall–Kier alpha value is -2.14. The fourth-order valence-corrected chi connectivity index (χ4v) is 4.29. The van der Waals surface area contributed by atoms with Gasteiger partial charge in [-0.1, -0.05) is 25.0 Å². The Morgan fingerprint density at radius 1 is 1.24 bits per heavy atom. The molecule has 1 aliphatic carbocycles. The van der Waals surface area contributed by atoms with Gasteiger partial charge in [0.25, 0.3) is 0 Å². The van der Waals surface area contributed by atoms with Crippen molar-refractivity contribution in [2.24, 2.45) is 0 Å². The maximum absolute atomic E-state index is 13.1. The smallest absolute Gasteiger partial charge is 0.242 e. The molecule has 0 radical (unpaired) electrons. The fourth-order valence-electron chi connectivity index (χ4n) is 4.29. The maximum Gasteiger partial charge on any atom is 0.242 e. The number of carbonyl (C=O) groups is 1. The van der Waals surface area contributed by atoms with Crippen LogP contribution in [0.4, 0.5) is 0 Å². The molecule has 0 bridgehead atoms. The summed E-state index contributed by atoms with van der Waals surface area (Å²) in [6.45, 7) is 3.45. The molecule has 2 heterocycles. The number of aryl methyl sites for hydroxylation is 1. The number of benzene rings is 1. The zero-order chi connectivity index (χ0) is 17.4. The highest BCUT2D eigenvalue weighted by atomic mass is 16.5. The van der Waals surface area contributed by atoms with E-state index in [-0.39, 0.29) is 30.0 Å². The monoisotopic (exact) mass is 340 g/mol. The van der Waals surface area contributed by atoms with Gasteiger partial charge in [0.15, 0.2) is 5.43 Å². The second kappa shape index (κ2) is 6.64. The van der Waals surface area contributed by atoms with E-state index in [0.29, 0.717) is 18.5 Å². The SMILES string of the molecule is Cc1cc(=O)c2ccccc2n1CC(=O)N1CCO[C@@H]2CCCC[C@H]21. The first-order valence-electron chi connectivity index (χ1n) is 9.15. The number of carbonyl (C=O) groups excluding carboxylic acids is 1. The summed E-state index contributed by atoms with van der Waals surface area (Å²) >= 11 is 0. The summed E-state index contributed by atoms with van der Waals surface area (Å²) in [5.74, 6) is 0.122. The molecule has 1 aromatic heterocycles. The van der Waals surface area contributed by atoms with E-state index in [4.69, 9.17) is 4.74 Å². The first kappa shape index (κ1) is 16.3. The van der Waals surface area contributed by atoms with Crippen molar-refractivity contribution in [3.05, 3.63) is 46.2 Å². The van der Waals surface area contributed by atoms with Crippen LogP contribution in [0.15, 0.2) is 35.1 Å². The topological polar surface area (TPSA) is 51.5 Å². The van der Waals surface area contributed by atoms with Gasteiger partial charge in [-0.3, -0.25) is 9.59 Å². The van der Waals surface area contributed by atoms with Crippen molar-refractivity contribution in [2.45, 2.75) is 51.3 Å². The van der Waals surface area contributed by atoms with Gasteiger partial charge < -0.3 is 14.2 Å². The lowest BCUT2D eigenvalue weighted by molar-refractivity contribution is -0.150. The van der Waals surface area contributed by atoms with Crippen molar-refractivity contribution >= 4 is 16.8 Å². The number of rotatable bonds is 2. The highest BCUT2D eigenvalue weighted by Crippen LogP contribution is 2.28. The van der Waals surface area contributed by atoms with Gasteiger partial charge in [-0.15, -0.1) is 0 Å². The predicted octanol–water partition coefficient (Wildman–Crippen LogP) is 2.48. The Labute approximate surface area is 147 Å². The summed E-state index contributed by atoms with van der Waals surface area (Å²) in [5.41, 5.74) is 1.66. The van der Waals surface area contributed by atoms with Gasteiger partial charge in [0.1, 0.15) is 6.54 Å². The van der Waals surface area contributed by atoms with E-state index in [2.05, 4.69) is 0 Å². The molecule has 0 spiro atoms. The van der Waals surface area contributed by atoms with Crippen molar-refractivity contribution < 1.29 is 9.53 Å². The van der Waals surface area contributed by atoms with Crippen LogP contribution >= 0.6 is 0 Å². The number of nitrogens with zero attached hydrogens (tertiary/aromatic N) is 2. The van der Waals surface area contributed by atoms with Gasteiger partial charge in [-0.05, 0) is 31.9 Å². The Kier molecular flexibility index (Phi) is 4.34. The van der Waals surface area contributed by atoms with E-state index in [9.17, 15) is 9.59 Å². The lowest BCUT2D eigenvalue weighted by atomic mass is 9.90. The summed E-state index contributed by atoms with van der Waals surface area (Å²) in [5, 5.41) is 0.665. The average Bonchev–Trinajstić information content (AvgIpc) is 2.64. The molecule has 1 aliphatic heterocycles.